The number of hydrogen-bond donors (Lipinski definition) is 1. The molecule has 0 atom stereocenters. The summed E-state index contributed by atoms with van der Waals surface area (Å²) in [4.78, 5) is 0. The third-order valence-corrected chi connectivity index (χ3v) is 3.83. The molecule has 84 valence electrons. The number of hydrogen-bond acceptors (Lipinski definition) is 2. The molecule has 0 aromatic heterocycles. The molecule has 0 aliphatic carbocycles. The third kappa shape index (κ3) is 3.79. The average Bonchev–Trinajstić information content (AvgIpc) is 2.10. The summed E-state index contributed by atoms with van der Waals surface area (Å²) in [6, 6.07) is 3.85. The summed E-state index contributed by atoms with van der Waals surface area (Å²) in [6.45, 7) is 1.76. The Morgan fingerprint density at radius 3 is 2.73 bits per heavy atom. The van der Waals surface area contributed by atoms with Crippen molar-refractivity contribution in [2.24, 2.45) is 0 Å². The van der Waals surface area contributed by atoms with Gasteiger partial charge in [-0.3, -0.25) is 4.72 Å². The van der Waals surface area contributed by atoms with E-state index in [0.717, 1.165) is 6.07 Å². The molecule has 6 heteroatoms. The van der Waals surface area contributed by atoms with Crippen LogP contribution >= 0.6 is 15.9 Å². The van der Waals surface area contributed by atoms with E-state index in [4.69, 9.17) is 0 Å². The standard InChI is InChI=1S/C9H11BrFNO2S/c1-2-5-15(13,14)12-9-6-7(11)3-4-8(9)10/h3-4,6,12H,2,5H2,1H3. The molecule has 3 nitrogen and oxygen atoms in total. The zero-order valence-corrected chi connectivity index (χ0v) is 10.5. The maximum atomic E-state index is 12.9. The molecule has 15 heavy (non-hydrogen) atoms. The van der Waals surface area contributed by atoms with Gasteiger partial charge in [0.15, 0.2) is 0 Å². The molecule has 0 aliphatic rings. The second kappa shape index (κ2) is 4.94. The molecule has 0 aliphatic heterocycles. The van der Waals surface area contributed by atoms with Crippen LogP contribution in [-0.4, -0.2) is 14.2 Å². The highest BCUT2D eigenvalue weighted by Crippen LogP contribution is 2.24. The molecule has 1 aromatic carbocycles. The SMILES string of the molecule is CCCS(=O)(=O)Nc1cc(F)ccc1Br. The summed E-state index contributed by atoms with van der Waals surface area (Å²) in [6.07, 6.45) is 0.516. The first-order valence-electron chi connectivity index (χ1n) is 4.40. The van der Waals surface area contributed by atoms with E-state index in [1.54, 1.807) is 6.92 Å². The summed E-state index contributed by atoms with van der Waals surface area (Å²) < 4.78 is 38.5. The van der Waals surface area contributed by atoms with Crippen molar-refractivity contribution in [3.05, 3.63) is 28.5 Å². The van der Waals surface area contributed by atoms with Gasteiger partial charge in [-0.1, -0.05) is 6.92 Å². The van der Waals surface area contributed by atoms with Crippen molar-refractivity contribution in [3.63, 3.8) is 0 Å². The number of benzene rings is 1. The molecule has 0 saturated heterocycles. The largest absolute Gasteiger partial charge is 0.282 e. The highest BCUT2D eigenvalue weighted by molar-refractivity contribution is 9.10. The molecular formula is C9H11BrFNO2S. The Morgan fingerprint density at radius 2 is 2.13 bits per heavy atom. The van der Waals surface area contributed by atoms with Gasteiger partial charge in [0.25, 0.3) is 0 Å². The lowest BCUT2D eigenvalue weighted by molar-refractivity contribution is 0.599. The smallest absolute Gasteiger partial charge is 0.232 e. The van der Waals surface area contributed by atoms with Gasteiger partial charge in [-0.05, 0) is 40.5 Å². The van der Waals surface area contributed by atoms with Crippen LogP contribution in [0.1, 0.15) is 13.3 Å². The van der Waals surface area contributed by atoms with Gasteiger partial charge >= 0.3 is 0 Å². The van der Waals surface area contributed by atoms with Crippen LogP contribution < -0.4 is 4.72 Å². The molecule has 1 N–H and O–H groups in total. The van der Waals surface area contributed by atoms with Crippen LogP contribution in [0.2, 0.25) is 0 Å². The number of anilines is 1. The summed E-state index contributed by atoms with van der Waals surface area (Å²) in [5.74, 6) is -0.455. The van der Waals surface area contributed by atoms with Crippen molar-refractivity contribution in [1.29, 1.82) is 0 Å². The zero-order chi connectivity index (χ0) is 11.5. The predicted octanol–water partition coefficient (Wildman–Crippen LogP) is 2.74. The van der Waals surface area contributed by atoms with Crippen molar-refractivity contribution in [2.45, 2.75) is 13.3 Å². The van der Waals surface area contributed by atoms with Crippen molar-refractivity contribution in [1.82, 2.24) is 0 Å². The van der Waals surface area contributed by atoms with E-state index in [1.807, 2.05) is 0 Å². The average molecular weight is 296 g/mol. The van der Waals surface area contributed by atoms with Gasteiger partial charge in [-0.2, -0.15) is 0 Å². The van der Waals surface area contributed by atoms with Crippen LogP contribution in [0.15, 0.2) is 22.7 Å². The highest BCUT2D eigenvalue weighted by Gasteiger charge is 2.11. The lowest BCUT2D eigenvalue weighted by Crippen LogP contribution is -2.16. The van der Waals surface area contributed by atoms with E-state index >= 15 is 0 Å². The molecule has 0 fully saturated rings. The fraction of sp³-hybridized carbons (Fsp3) is 0.333. The van der Waals surface area contributed by atoms with Crippen LogP contribution in [0.4, 0.5) is 10.1 Å². The van der Waals surface area contributed by atoms with E-state index in [0.29, 0.717) is 10.9 Å². The minimum atomic E-state index is -3.37. The molecule has 0 amide bonds. The van der Waals surface area contributed by atoms with Gasteiger partial charge in [0.2, 0.25) is 10.0 Å². The molecule has 1 rings (SSSR count). The molecule has 0 heterocycles. The Bertz CT molecular complexity index is 447. The van der Waals surface area contributed by atoms with Crippen molar-refractivity contribution in [3.8, 4) is 0 Å². The lowest BCUT2D eigenvalue weighted by Gasteiger charge is -2.08. The second-order valence-electron chi connectivity index (χ2n) is 3.05. The normalized spacial score (nSPS) is 11.4. The first-order chi connectivity index (χ1) is 6.94. The molecule has 0 spiro atoms. The molecule has 0 saturated carbocycles. The summed E-state index contributed by atoms with van der Waals surface area (Å²) >= 11 is 3.14. The van der Waals surface area contributed by atoms with Crippen molar-refractivity contribution >= 4 is 31.6 Å². The maximum absolute atomic E-state index is 12.9. The quantitative estimate of drug-likeness (QED) is 0.928. The van der Waals surface area contributed by atoms with Gasteiger partial charge < -0.3 is 0 Å². The van der Waals surface area contributed by atoms with Crippen LogP contribution in [0, 0.1) is 5.82 Å². The molecule has 1 aromatic rings. The summed E-state index contributed by atoms with van der Waals surface area (Å²) in [7, 11) is -3.37. The predicted molar refractivity (Wildman–Crippen MR) is 61.8 cm³/mol. The minimum Gasteiger partial charge on any atom is -0.282 e. The third-order valence-electron chi connectivity index (χ3n) is 1.67. The monoisotopic (exact) mass is 295 g/mol. The fourth-order valence-corrected chi connectivity index (χ4v) is 2.68. The Balaban J connectivity index is 2.94. The van der Waals surface area contributed by atoms with E-state index in [-0.39, 0.29) is 11.4 Å². The second-order valence-corrected chi connectivity index (χ2v) is 5.74. The highest BCUT2D eigenvalue weighted by atomic mass is 79.9. The summed E-state index contributed by atoms with van der Waals surface area (Å²) in [5.41, 5.74) is 0.225. The molecule has 0 bridgehead atoms. The topological polar surface area (TPSA) is 46.2 Å². The number of rotatable bonds is 4. The maximum Gasteiger partial charge on any atom is 0.232 e. The van der Waals surface area contributed by atoms with Crippen LogP contribution in [-0.2, 0) is 10.0 Å². The first-order valence-corrected chi connectivity index (χ1v) is 6.84. The zero-order valence-electron chi connectivity index (χ0n) is 8.13. The van der Waals surface area contributed by atoms with E-state index in [9.17, 15) is 12.8 Å². The Labute approximate surface area is 96.9 Å². The van der Waals surface area contributed by atoms with Crippen molar-refractivity contribution < 1.29 is 12.8 Å². The number of nitrogens with one attached hydrogen (secondary N) is 1. The van der Waals surface area contributed by atoms with Gasteiger partial charge in [-0.25, -0.2) is 12.8 Å². The minimum absolute atomic E-state index is 0.0238. The first kappa shape index (κ1) is 12.4. The van der Waals surface area contributed by atoms with Gasteiger partial charge in [0, 0.05) is 4.47 Å². The molecule has 0 radical (unpaired) electrons. The van der Waals surface area contributed by atoms with Gasteiger partial charge in [-0.15, -0.1) is 0 Å². The van der Waals surface area contributed by atoms with Crippen LogP contribution in [0.5, 0.6) is 0 Å². The van der Waals surface area contributed by atoms with Crippen LogP contribution in [0.3, 0.4) is 0 Å². The lowest BCUT2D eigenvalue weighted by atomic mass is 10.3. The Kier molecular flexibility index (Phi) is 4.10. The van der Waals surface area contributed by atoms with Gasteiger partial charge in [0.1, 0.15) is 5.82 Å². The van der Waals surface area contributed by atoms with Crippen molar-refractivity contribution in [2.75, 3.05) is 10.5 Å². The fourth-order valence-electron chi connectivity index (χ4n) is 1.06. The van der Waals surface area contributed by atoms with E-state index < -0.39 is 15.8 Å². The summed E-state index contributed by atoms with van der Waals surface area (Å²) in [5, 5.41) is 0. The van der Waals surface area contributed by atoms with E-state index in [2.05, 4.69) is 20.7 Å². The van der Waals surface area contributed by atoms with Crippen LogP contribution in [0.25, 0.3) is 0 Å². The number of sulfonamides is 1. The molecular weight excluding hydrogens is 285 g/mol. The van der Waals surface area contributed by atoms with E-state index in [1.165, 1.54) is 12.1 Å². The molecule has 0 unspecified atom stereocenters. The number of halogens is 2. The van der Waals surface area contributed by atoms with Gasteiger partial charge in [0.05, 0.1) is 11.4 Å². The Hall–Kier alpha value is -0.620. The Morgan fingerprint density at radius 1 is 1.47 bits per heavy atom.